The molecule has 1 spiro atoms. The van der Waals surface area contributed by atoms with Crippen LogP contribution in [0, 0.1) is 5.41 Å². The number of aliphatic imine (C=N–C) groups is 1. The van der Waals surface area contributed by atoms with Crippen LogP contribution >= 0.6 is 11.6 Å². The van der Waals surface area contributed by atoms with Crippen LogP contribution < -0.4 is 10.6 Å². The summed E-state index contributed by atoms with van der Waals surface area (Å²) in [4.78, 5) is 7.31. The van der Waals surface area contributed by atoms with Gasteiger partial charge in [0.1, 0.15) is 5.84 Å². The first-order valence-electron chi connectivity index (χ1n) is 10.6. The monoisotopic (exact) mass is 410 g/mol. The molecular weight excluding hydrogens is 380 g/mol. The van der Waals surface area contributed by atoms with Gasteiger partial charge in [-0.3, -0.25) is 4.99 Å². The summed E-state index contributed by atoms with van der Waals surface area (Å²) in [6.07, 6.45) is 4.40. The third-order valence-electron chi connectivity index (χ3n) is 6.17. The number of amidine groups is 1. The normalized spacial score (nSPS) is 19.4. The average Bonchev–Trinajstić information content (AvgIpc) is 2.71. The molecular formula is C24H31ClN4. The minimum absolute atomic E-state index is 0.108. The van der Waals surface area contributed by atoms with E-state index in [0.29, 0.717) is 6.54 Å². The van der Waals surface area contributed by atoms with E-state index in [0.717, 1.165) is 61.7 Å². The third kappa shape index (κ3) is 4.82. The quantitative estimate of drug-likeness (QED) is 0.768. The van der Waals surface area contributed by atoms with Gasteiger partial charge in [0.25, 0.3) is 0 Å². The number of nitrogens with one attached hydrogen (secondary N) is 2. The van der Waals surface area contributed by atoms with Crippen LogP contribution in [-0.2, 0) is 19.4 Å². The van der Waals surface area contributed by atoms with Gasteiger partial charge in [0.05, 0.1) is 6.54 Å². The topological polar surface area (TPSA) is 39.7 Å². The summed E-state index contributed by atoms with van der Waals surface area (Å²) in [5, 5.41) is 8.00. The summed E-state index contributed by atoms with van der Waals surface area (Å²) in [5.74, 6) is 1.15. The second-order valence-corrected chi connectivity index (χ2v) is 9.11. The van der Waals surface area contributed by atoms with Crippen molar-refractivity contribution in [2.45, 2.75) is 32.2 Å². The Balaban J connectivity index is 1.61. The second-order valence-electron chi connectivity index (χ2n) is 8.67. The molecule has 2 N–H and O–H groups in total. The van der Waals surface area contributed by atoms with E-state index in [1.807, 2.05) is 18.2 Å². The van der Waals surface area contributed by atoms with Crippen LogP contribution in [0.2, 0.25) is 5.02 Å². The Hall–Kier alpha value is -1.88. The third-order valence-corrected chi connectivity index (χ3v) is 6.41. The number of halogens is 1. The van der Waals surface area contributed by atoms with Crippen molar-refractivity contribution in [1.82, 2.24) is 10.2 Å². The van der Waals surface area contributed by atoms with Gasteiger partial charge >= 0.3 is 0 Å². The zero-order valence-corrected chi connectivity index (χ0v) is 18.2. The highest BCUT2D eigenvalue weighted by molar-refractivity contribution is 6.30. The van der Waals surface area contributed by atoms with Crippen LogP contribution in [-0.4, -0.2) is 44.5 Å². The summed E-state index contributed by atoms with van der Waals surface area (Å²) in [5.41, 5.74) is 5.33. The Bertz CT molecular complexity index is 884. The molecule has 0 amide bonds. The molecule has 0 aliphatic carbocycles. The minimum Gasteiger partial charge on any atom is -0.343 e. The highest BCUT2D eigenvalue weighted by Gasteiger charge is 2.41. The molecule has 0 saturated carbocycles. The fourth-order valence-electron chi connectivity index (χ4n) is 4.46. The summed E-state index contributed by atoms with van der Waals surface area (Å²) >= 11 is 6.16. The molecule has 0 radical (unpaired) electrons. The van der Waals surface area contributed by atoms with Gasteiger partial charge in [0.15, 0.2) is 0 Å². The van der Waals surface area contributed by atoms with Crippen LogP contribution in [0.25, 0.3) is 0 Å². The van der Waals surface area contributed by atoms with Gasteiger partial charge in [0, 0.05) is 22.7 Å². The summed E-state index contributed by atoms with van der Waals surface area (Å²) in [7, 11) is 4.26. The smallest absolute Gasteiger partial charge is 0.108 e. The van der Waals surface area contributed by atoms with Crippen molar-refractivity contribution in [3.05, 3.63) is 64.2 Å². The van der Waals surface area contributed by atoms with Gasteiger partial charge < -0.3 is 15.5 Å². The van der Waals surface area contributed by atoms with E-state index in [1.165, 1.54) is 16.8 Å². The first-order valence-corrected chi connectivity index (χ1v) is 11.0. The maximum Gasteiger partial charge on any atom is 0.108 e. The first kappa shape index (κ1) is 20.4. The van der Waals surface area contributed by atoms with Crippen molar-refractivity contribution in [2.24, 2.45) is 10.4 Å². The number of anilines is 1. The summed E-state index contributed by atoms with van der Waals surface area (Å²) in [6, 6.07) is 14.9. The Kier molecular flexibility index (Phi) is 6.23. The number of piperidine rings is 1. The lowest BCUT2D eigenvalue weighted by atomic mass is 9.70. The van der Waals surface area contributed by atoms with Crippen LogP contribution in [0.4, 0.5) is 5.69 Å². The number of hydrogen-bond acceptors (Lipinski definition) is 3. The molecule has 4 rings (SSSR count). The molecule has 0 bridgehead atoms. The van der Waals surface area contributed by atoms with Crippen LogP contribution in [0.3, 0.4) is 0 Å². The summed E-state index contributed by atoms with van der Waals surface area (Å²) < 4.78 is 0. The van der Waals surface area contributed by atoms with E-state index in [1.54, 1.807) is 0 Å². The SMILES string of the molecule is CN(C)CCc1ccc2c(c1)CC1(CCNCC1)C(=NCc1cccc(Cl)c1)N2. The number of fused-ring (bicyclic) bond motifs is 1. The average molecular weight is 411 g/mol. The predicted molar refractivity (Wildman–Crippen MR) is 123 cm³/mol. The summed E-state index contributed by atoms with van der Waals surface area (Å²) in [6.45, 7) is 3.84. The zero-order chi connectivity index (χ0) is 20.3. The molecule has 1 fully saturated rings. The predicted octanol–water partition coefficient (Wildman–Crippen LogP) is 4.38. The fraction of sp³-hybridized carbons (Fsp3) is 0.458. The maximum absolute atomic E-state index is 6.16. The van der Waals surface area contributed by atoms with E-state index in [4.69, 9.17) is 16.6 Å². The van der Waals surface area contributed by atoms with Crippen LogP contribution in [0.5, 0.6) is 0 Å². The van der Waals surface area contributed by atoms with E-state index in [9.17, 15) is 0 Å². The van der Waals surface area contributed by atoms with Crippen molar-refractivity contribution < 1.29 is 0 Å². The number of rotatable bonds is 5. The number of nitrogens with zero attached hydrogens (tertiary/aromatic N) is 2. The molecule has 154 valence electrons. The van der Waals surface area contributed by atoms with Crippen LogP contribution in [0.15, 0.2) is 47.5 Å². The Labute approximate surface area is 179 Å². The first-order chi connectivity index (χ1) is 14.0. The zero-order valence-electron chi connectivity index (χ0n) is 17.5. The Morgan fingerprint density at radius 1 is 1.07 bits per heavy atom. The van der Waals surface area contributed by atoms with E-state index in [2.05, 4.69) is 53.9 Å². The highest BCUT2D eigenvalue weighted by atomic mass is 35.5. The Morgan fingerprint density at radius 2 is 1.90 bits per heavy atom. The molecule has 2 aliphatic rings. The number of likely N-dealkylation sites (N-methyl/N-ethyl adjacent to an activating group) is 1. The van der Waals surface area contributed by atoms with Gasteiger partial charge in [-0.15, -0.1) is 0 Å². The lowest BCUT2D eigenvalue weighted by Crippen LogP contribution is -2.48. The lowest BCUT2D eigenvalue weighted by Gasteiger charge is -2.43. The molecule has 2 heterocycles. The van der Waals surface area contributed by atoms with Crippen molar-refractivity contribution >= 4 is 23.1 Å². The molecule has 0 unspecified atom stereocenters. The van der Waals surface area contributed by atoms with E-state index < -0.39 is 0 Å². The van der Waals surface area contributed by atoms with E-state index >= 15 is 0 Å². The van der Waals surface area contributed by atoms with Gasteiger partial charge in [-0.2, -0.15) is 0 Å². The molecule has 29 heavy (non-hydrogen) atoms. The number of benzene rings is 2. The maximum atomic E-state index is 6.16. The fourth-order valence-corrected chi connectivity index (χ4v) is 4.68. The lowest BCUT2D eigenvalue weighted by molar-refractivity contribution is 0.293. The standard InChI is InChI=1S/C24H31ClN4/c1-29(2)13-8-18-6-7-22-20(14-18)16-24(9-11-26-12-10-24)23(28-22)27-17-19-4-3-5-21(25)15-19/h3-7,14-15,26H,8-13,16-17H2,1-2H3,(H,27,28). The van der Waals surface area contributed by atoms with Crippen LogP contribution in [0.1, 0.15) is 29.5 Å². The van der Waals surface area contributed by atoms with Crippen molar-refractivity contribution in [2.75, 3.05) is 39.0 Å². The van der Waals surface area contributed by atoms with Gasteiger partial charge in [-0.25, -0.2) is 0 Å². The Morgan fingerprint density at radius 3 is 2.66 bits per heavy atom. The van der Waals surface area contributed by atoms with Gasteiger partial charge in [0.2, 0.25) is 0 Å². The van der Waals surface area contributed by atoms with E-state index in [-0.39, 0.29) is 5.41 Å². The second kappa shape index (κ2) is 8.86. The van der Waals surface area contributed by atoms with Gasteiger partial charge in [-0.05, 0) is 87.8 Å². The molecule has 2 aliphatic heterocycles. The molecule has 4 nitrogen and oxygen atoms in total. The van der Waals surface area contributed by atoms with Crippen molar-refractivity contribution in [1.29, 1.82) is 0 Å². The minimum atomic E-state index is 0.108. The number of hydrogen-bond donors (Lipinski definition) is 2. The molecule has 0 atom stereocenters. The molecule has 5 heteroatoms. The van der Waals surface area contributed by atoms with Crippen molar-refractivity contribution in [3.63, 3.8) is 0 Å². The molecule has 2 aromatic rings. The van der Waals surface area contributed by atoms with Crippen molar-refractivity contribution in [3.8, 4) is 0 Å². The van der Waals surface area contributed by atoms with Gasteiger partial charge in [-0.1, -0.05) is 35.9 Å². The molecule has 2 aromatic carbocycles. The molecule has 0 aromatic heterocycles. The highest BCUT2D eigenvalue weighted by Crippen LogP contribution is 2.41. The largest absolute Gasteiger partial charge is 0.343 e. The molecule has 1 saturated heterocycles.